The summed E-state index contributed by atoms with van der Waals surface area (Å²) in [6.45, 7) is 6.54. The van der Waals surface area contributed by atoms with E-state index < -0.39 is 23.4 Å². The minimum atomic E-state index is -0.963. The lowest BCUT2D eigenvalue weighted by atomic mass is 10.00. The zero-order valence-electron chi connectivity index (χ0n) is 13.5. The molecule has 1 aromatic heterocycles. The van der Waals surface area contributed by atoms with Gasteiger partial charge in [-0.1, -0.05) is 6.92 Å². The second-order valence-corrected chi connectivity index (χ2v) is 5.75. The topological polar surface area (TPSA) is 108 Å². The number of hydrazine groups is 1. The average Bonchev–Trinajstić information content (AvgIpc) is 3.01. The standard InChI is InChI=1S/C14H22N6O3/c1-4-14(3)12(22)20(13(23)17-14)18-11(21)8-15-5-6-19-9-10(2)7-16-19/h7,9,15H,4-6,8H2,1-3H3,(H,17,23)(H,18,21)/t14-/m0/s1. The fourth-order valence-electron chi connectivity index (χ4n) is 2.17. The number of amides is 4. The summed E-state index contributed by atoms with van der Waals surface area (Å²) in [4.78, 5) is 35.7. The van der Waals surface area contributed by atoms with E-state index in [4.69, 9.17) is 0 Å². The van der Waals surface area contributed by atoms with Gasteiger partial charge < -0.3 is 10.6 Å². The maximum Gasteiger partial charge on any atom is 0.344 e. The highest BCUT2D eigenvalue weighted by atomic mass is 16.2. The van der Waals surface area contributed by atoms with Gasteiger partial charge in [-0.05, 0) is 25.8 Å². The van der Waals surface area contributed by atoms with E-state index in [0.717, 1.165) is 10.6 Å². The Labute approximate surface area is 134 Å². The predicted octanol–water partition coefficient (Wildman–Crippen LogP) is -0.467. The minimum absolute atomic E-state index is 0.000149. The molecule has 0 aliphatic carbocycles. The van der Waals surface area contributed by atoms with Crippen molar-refractivity contribution in [1.82, 2.24) is 30.8 Å². The molecule has 1 atom stereocenters. The van der Waals surface area contributed by atoms with E-state index >= 15 is 0 Å². The van der Waals surface area contributed by atoms with Gasteiger partial charge in [0.2, 0.25) is 0 Å². The Morgan fingerprint density at radius 1 is 1.43 bits per heavy atom. The quantitative estimate of drug-likeness (QED) is 0.465. The number of hydrogen-bond donors (Lipinski definition) is 3. The smallest absolute Gasteiger partial charge is 0.322 e. The molecular formula is C14H22N6O3. The van der Waals surface area contributed by atoms with Gasteiger partial charge in [-0.25, -0.2) is 4.79 Å². The highest BCUT2D eigenvalue weighted by Crippen LogP contribution is 2.18. The molecule has 0 saturated carbocycles. The number of nitrogens with one attached hydrogen (secondary N) is 3. The van der Waals surface area contributed by atoms with Crippen LogP contribution < -0.4 is 16.1 Å². The average molecular weight is 322 g/mol. The molecule has 4 amide bonds. The normalized spacial score (nSPS) is 20.7. The van der Waals surface area contributed by atoms with Gasteiger partial charge in [-0.15, -0.1) is 0 Å². The van der Waals surface area contributed by atoms with Crippen molar-refractivity contribution in [3.05, 3.63) is 18.0 Å². The van der Waals surface area contributed by atoms with Crippen LogP contribution in [-0.4, -0.2) is 51.3 Å². The molecule has 126 valence electrons. The fraction of sp³-hybridized carbons (Fsp3) is 0.571. The lowest BCUT2D eigenvalue weighted by Gasteiger charge is -2.19. The molecule has 1 aromatic rings. The molecule has 0 radical (unpaired) electrons. The van der Waals surface area contributed by atoms with Crippen LogP contribution >= 0.6 is 0 Å². The summed E-state index contributed by atoms with van der Waals surface area (Å²) in [6, 6.07) is -0.611. The van der Waals surface area contributed by atoms with E-state index in [-0.39, 0.29) is 6.54 Å². The largest absolute Gasteiger partial charge is 0.344 e. The minimum Gasteiger partial charge on any atom is -0.322 e. The van der Waals surface area contributed by atoms with Crippen LogP contribution in [0.1, 0.15) is 25.8 Å². The zero-order valence-corrected chi connectivity index (χ0v) is 13.5. The van der Waals surface area contributed by atoms with E-state index in [1.54, 1.807) is 24.7 Å². The molecule has 0 bridgehead atoms. The van der Waals surface area contributed by atoms with E-state index in [9.17, 15) is 14.4 Å². The zero-order chi connectivity index (χ0) is 17.0. The van der Waals surface area contributed by atoms with Gasteiger partial charge in [0, 0.05) is 12.7 Å². The summed E-state index contributed by atoms with van der Waals surface area (Å²) < 4.78 is 1.77. The monoisotopic (exact) mass is 322 g/mol. The number of nitrogens with zero attached hydrogens (tertiary/aromatic N) is 3. The number of aromatic nitrogens is 2. The van der Waals surface area contributed by atoms with Crippen LogP contribution in [0.25, 0.3) is 0 Å². The summed E-state index contributed by atoms with van der Waals surface area (Å²) >= 11 is 0. The van der Waals surface area contributed by atoms with Crippen molar-refractivity contribution in [2.45, 2.75) is 39.3 Å². The molecule has 1 aliphatic rings. The Balaban J connectivity index is 1.74. The van der Waals surface area contributed by atoms with Crippen LogP contribution in [0.2, 0.25) is 0 Å². The summed E-state index contributed by atoms with van der Waals surface area (Å²) in [6.07, 6.45) is 4.11. The predicted molar refractivity (Wildman–Crippen MR) is 82.1 cm³/mol. The molecule has 23 heavy (non-hydrogen) atoms. The third-order valence-electron chi connectivity index (χ3n) is 3.77. The van der Waals surface area contributed by atoms with Crippen molar-refractivity contribution in [2.75, 3.05) is 13.1 Å². The lowest BCUT2D eigenvalue weighted by Crippen LogP contribution is -2.50. The number of carbonyl (C=O) groups excluding carboxylic acids is 3. The van der Waals surface area contributed by atoms with Crippen LogP contribution in [0.5, 0.6) is 0 Å². The van der Waals surface area contributed by atoms with Crippen LogP contribution in [0.3, 0.4) is 0 Å². The van der Waals surface area contributed by atoms with Crippen LogP contribution in [0.15, 0.2) is 12.4 Å². The van der Waals surface area contributed by atoms with Crippen LogP contribution in [-0.2, 0) is 16.1 Å². The number of imide groups is 1. The van der Waals surface area contributed by atoms with E-state index in [1.165, 1.54) is 0 Å². The highest BCUT2D eigenvalue weighted by Gasteiger charge is 2.47. The van der Waals surface area contributed by atoms with Gasteiger partial charge in [-0.3, -0.25) is 19.7 Å². The van der Waals surface area contributed by atoms with Crippen molar-refractivity contribution in [3.63, 3.8) is 0 Å². The van der Waals surface area contributed by atoms with Gasteiger partial charge in [-0.2, -0.15) is 10.1 Å². The van der Waals surface area contributed by atoms with Crippen LogP contribution in [0, 0.1) is 6.92 Å². The molecule has 2 rings (SSSR count). The molecule has 3 N–H and O–H groups in total. The maximum atomic E-state index is 12.1. The lowest BCUT2D eigenvalue weighted by molar-refractivity contribution is -0.138. The summed E-state index contributed by atoms with van der Waals surface area (Å²) in [5.41, 5.74) is 2.43. The SMILES string of the molecule is CC[C@]1(C)NC(=O)N(NC(=O)CNCCn2cc(C)cn2)C1=O. The summed E-state index contributed by atoms with van der Waals surface area (Å²) in [7, 11) is 0. The second kappa shape index (κ2) is 6.78. The highest BCUT2D eigenvalue weighted by molar-refractivity contribution is 6.07. The number of carbonyl (C=O) groups is 3. The van der Waals surface area contributed by atoms with Crippen LogP contribution in [0.4, 0.5) is 4.79 Å². The second-order valence-electron chi connectivity index (χ2n) is 5.75. The van der Waals surface area contributed by atoms with E-state index in [2.05, 4.69) is 21.2 Å². The number of urea groups is 1. The van der Waals surface area contributed by atoms with Gasteiger partial charge in [0.15, 0.2) is 0 Å². The fourth-order valence-corrected chi connectivity index (χ4v) is 2.17. The third kappa shape index (κ3) is 3.86. The molecule has 0 unspecified atom stereocenters. The number of hydrogen-bond acceptors (Lipinski definition) is 5. The summed E-state index contributed by atoms with van der Waals surface area (Å²) in [5.74, 6) is -0.907. The molecule has 1 fully saturated rings. The van der Waals surface area contributed by atoms with Gasteiger partial charge in [0.25, 0.3) is 11.8 Å². The van der Waals surface area contributed by atoms with Crippen molar-refractivity contribution in [2.24, 2.45) is 0 Å². The Kier molecular flexibility index (Phi) is 4.99. The first kappa shape index (κ1) is 16.9. The van der Waals surface area contributed by atoms with Gasteiger partial charge >= 0.3 is 6.03 Å². The van der Waals surface area contributed by atoms with Gasteiger partial charge in [0.1, 0.15) is 5.54 Å². The third-order valence-corrected chi connectivity index (χ3v) is 3.77. The van der Waals surface area contributed by atoms with Crippen molar-refractivity contribution in [3.8, 4) is 0 Å². The molecule has 0 spiro atoms. The van der Waals surface area contributed by atoms with E-state index in [1.807, 2.05) is 13.1 Å². The molecule has 9 heteroatoms. The Morgan fingerprint density at radius 2 is 2.17 bits per heavy atom. The Bertz CT molecular complexity index is 613. The molecule has 2 heterocycles. The van der Waals surface area contributed by atoms with E-state index in [0.29, 0.717) is 19.5 Å². The molecular weight excluding hydrogens is 300 g/mol. The first-order chi connectivity index (χ1) is 10.9. The first-order valence-corrected chi connectivity index (χ1v) is 7.51. The first-order valence-electron chi connectivity index (χ1n) is 7.51. The van der Waals surface area contributed by atoms with Crippen molar-refractivity contribution in [1.29, 1.82) is 0 Å². The molecule has 1 saturated heterocycles. The van der Waals surface area contributed by atoms with Crippen molar-refractivity contribution < 1.29 is 14.4 Å². The Hall–Kier alpha value is -2.42. The number of rotatable bonds is 7. The summed E-state index contributed by atoms with van der Waals surface area (Å²) in [5, 5.41) is 10.4. The van der Waals surface area contributed by atoms with Gasteiger partial charge in [0.05, 0.1) is 19.3 Å². The van der Waals surface area contributed by atoms with Crippen molar-refractivity contribution >= 4 is 17.8 Å². The maximum absolute atomic E-state index is 12.1. The number of aryl methyl sites for hydroxylation is 1. The molecule has 9 nitrogen and oxygen atoms in total. The molecule has 0 aromatic carbocycles. The Morgan fingerprint density at radius 3 is 2.74 bits per heavy atom. The molecule has 1 aliphatic heterocycles.